The number of para-hydroxylation sites is 1. The van der Waals surface area contributed by atoms with Gasteiger partial charge in [-0.05, 0) is 51.5 Å². The molecule has 1 fully saturated rings. The maximum absolute atomic E-state index is 6.84. The molecule has 0 bridgehead atoms. The summed E-state index contributed by atoms with van der Waals surface area (Å²) >= 11 is 0. The van der Waals surface area contributed by atoms with Crippen molar-refractivity contribution in [3.05, 3.63) is 64.7 Å². The molecule has 0 unspecified atom stereocenters. The first-order valence-corrected chi connectivity index (χ1v) is 11.4. The fourth-order valence-corrected chi connectivity index (χ4v) is 5.24. The summed E-state index contributed by atoms with van der Waals surface area (Å²) in [7, 11) is 1.73. The van der Waals surface area contributed by atoms with Gasteiger partial charge >= 0.3 is 0 Å². The largest absolute Gasteiger partial charge is 0.493 e. The first kappa shape index (κ1) is 20.4. The zero-order chi connectivity index (χ0) is 21.8. The number of methoxy groups -OCH3 is 1. The molecule has 1 N–H and O–H groups in total. The molecular weight excluding hydrogens is 386 g/mol. The molecule has 164 valence electrons. The van der Waals surface area contributed by atoms with Gasteiger partial charge in [-0.3, -0.25) is 0 Å². The Morgan fingerprint density at radius 1 is 1.13 bits per heavy atom. The highest BCUT2D eigenvalue weighted by atomic mass is 16.5. The average Bonchev–Trinajstić information content (AvgIpc) is 3.22. The molecule has 0 saturated carbocycles. The molecule has 2 aromatic carbocycles. The number of fused-ring (bicyclic) bond motifs is 4. The van der Waals surface area contributed by atoms with E-state index in [1.807, 2.05) is 6.07 Å². The second-order valence-corrected chi connectivity index (χ2v) is 9.38. The maximum Gasteiger partial charge on any atom is 0.183 e. The van der Waals surface area contributed by atoms with Crippen LogP contribution in [0, 0.1) is 13.8 Å². The summed E-state index contributed by atoms with van der Waals surface area (Å²) in [6.07, 6.45) is 4.25. The molecule has 1 saturated heterocycles. The van der Waals surface area contributed by atoms with Crippen LogP contribution >= 0.6 is 0 Å². The Morgan fingerprint density at radius 3 is 2.61 bits per heavy atom. The lowest BCUT2D eigenvalue weighted by Gasteiger charge is -2.52. The smallest absolute Gasteiger partial charge is 0.183 e. The molecule has 2 aromatic rings. The van der Waals surface area contributed by atoms with E-state index in [0.717, 1.165) is 48.7 Å². The van der Waals surface area contributed by atoms with Crippen molar-refractivity contribution in [3.63, 3.8) is 0 Å². The van der Waals surface area contributed by atoms with Crippen LogP contribution in [0.3, 0.4) is 0 Å². The SMILES string of the molecule is COc1cccc2c1OC1(CCN(C(C)C)CC1)N1NC(c3cc(C)ccc3C)=C[C@H]21. The Morgan fingerprint density at radius 2 is 1.90 bits per heavy atom. The lowest BCUT2D eigenvalue weighted by Crippen LogP contribution is -2.64. The third kappa shape index (κ3) is 3.31. The molecule has 1 atom stereocenters. The molecule has 31 heavy (non-hydrogen) atoms. The van der Waals surface area contributed by atoms with Gasteiger partial charge < -0.3 is 19.8 Å². The van der Waals surface area contributed by atoms with E-state index in [2.05, 4.69) is 79.4 Å². The maximum atomic E-state index is 6.84. The third-order valence-corrected chi connectivity index (χ3v) is 7.12. The quantitative estimate of drug-likeness (QED) is 0.773. The minimum Gasteiger partial charge on any atom is -0.493 e. The molecule has 1 spiro atoms. The van der Waals surface area contributed by atoms with E-state index in [1.165, 1.54) is 16.7 Å². The molecule has 5 heteroatoms. The number of nitrogens with zero attached hydrogens (tertiary/aromatic N) is 2. The highest BCUT2D eigenvalue weighted by Gasteiger charge is 2.52. The van der Waals surface area contributed by atoms with Crippen molar-refractivity contribution in [2.45, 2.75) is 58.3 Å². The van der Waals surface area contributed by atoms with Crippen molar-refractivity contribution in [3.8, 4) is 11.5 Å². The highest BCUT2D eigenvalue weighted by molar-refractivity contribution is 5.70. The van der Waals surface area contributed by atoms with Crippen LogP contribution in [0.25, 0.3) is 5.70 Å². The Hall–Kier alpha value is -2.50. The van der Waals surface area contributed by atoms with E-state index in [-0.39, 0.29) is 6.04 Å². The molecule has 3 heterocycles. The van der Waals surface area contributed by atoms with Gasteiger partial charge in [0, 0.05) is 43.1 Å². The van der Waals surface area contributed by atoms with Gasteiger partial charge in [0.1, 0.15) is 0 Å². The fourth-order valence-electron chi connectivity index (χ4n) is 5.24. The van der Waals surface area contributed by atoms with E-state index in [4.69, 9.17) is 9.47 Å². The Labute approximate surface area is 185 Å². The number of benzene rings is 2. The number of hydrazine groups is 1. The standard InChI is InChI=1S/C26H33N3O2/c1-17(2)28-13-11-26(12-14-28)29-23(20-7-6-8-24(30-5)25(20)31-26)16-22(27-29)21-15-18(3)9-10-19(21)4/h6-10,15-17,23,27H,11-14H2,1-5H3/t23-/m1/s1. The molecule has 0 amide bonds. The van der Waals surface area contributed by atoms with E-state index in [0.29, 0.717) is 6.04 Å². The minimum absolute atomic E-state index is 0.111. The molecular formula is C26H33N3O2. The van der Waals surface area contributed by atoms with Crippen LogP contribution in [-0.2, 0) is 0 Å². The molecule has 3 aliphatic heterocycles. The van der Waals surface area contributed by atoms with Gasteiger partial charge in [0.2, 0.25) is 0 Å². The number of hydrogen-bond acceptors (Lipinski definition) is 5. The normalized spacial score (nSPS) is 22.5. The van der Waals surface area contributed by atoms with Crippen molar-refractivity contribution < 1.29 is 9.47 Å². The monoisotopic (exact) mass is 419 g/mol. The second-order valence-electron chi connectivity index (χ2n) is 9.38. The Kier molecular flexibility index (Phi) is 4.98. The summed E-state index contributed by atoms with van der Waals surface area (Å²) in [5, 5.41) is 2.36. The number of piperidine rings is 1. The van der Waals surface area contributed by atoms with E-state index in [1.54, 1.807) is 7.11 Å². The van der Waals surface area contributed by atoms with E-state index in [9.17, 15) is 0 Å². The predicted octanol–water partition coefficient (Wildman–Crippen LogP) is 4.81. The second kappa shape index (κ2) is 7.57. The van der Waals surface area contributed by atoms with Crippen molar-refractivity contribution >= 4 is 5.70 Å². The van der Waals surface area contributed by atoms with Gasteiger partial charge in [-0.1, -0.05) is 29.8 Å². The number of ether oxygens (including phenoxy) is 2. The van der Waals surface area contributed by atoms with Crippen LogP contribution in [0.1, 0.15) is 55.0 Å². The van der Waals surface area contributed by atoms with Crippen molar-refractivity contribution in [2.75, 3.05) is 20.2 Å². The summed E-state index contributed by atoms with van der Waals surface area (Å²) < 4.78 is 12.5. The van der Waals surface area contributed by atoms with Crippen LogP contribution < -0.4 is 14.9 Å². The minimum atomic E-state index is -0.395. The lowest BCUT2D eigenvalue weighted by atomic mass is 9.92. The Bertz CT molecular complexity index is 1020. The van der Waals surface area contributed by atoms with Gasteiger partial charge in [0.15, 0.2) is 17.2 Å². The predicted molar refractivity (Wildman–Crippen MR) is 124 cm³/mol. The number of nitrogens with one attached hydrogen (secondary N) is 1. The molecule has 5 rings (SSSR count). The van der Waals surface area contributed by atoms with Gasteiger partial charge in [-0.25, -0.2) is 0 Å². The topological polar surface area (TPSA) is 37.0 Å². The summed E-state index contributed by atoms with van der Waals surface area (Å²) in [6.45, 7) is 10.9. The highest BCUT2D eigenvalue weighted by Crippen LogP contribution is 2.51. The zero-order valence-corrected chi connectivity index (χ0v) is 19.2. The van der Waals surface area contributed by atoms with Crippen molar-refractivity contribution in [1.29, 1.82) is 0 Å². The van der Waals surface area contributed by atoms with Gasteiger partial charge in [-0.15, -0.1) is 0 Å². The molecule has 0 radical (unpaired) electrons. The molecule has 3 aliphatic rings. The van der Waals surface area contributed by atoms with Gasteiger partial charge in [-0.2, -0.15) is 5.01 Å². The third-order valence-electron chi connectivity index (χ3n) is 7.12. The van der Waals surface area contributed by atoms with E-state index >= 15 is 0 Å². The zero-order valence-electron chi connectivity index (χ0n) is 19.2. The van der Waals surface area contributed by atoms with E-state index < -0.39 is 5.72 Å². The number of hydrogen-bond donors (Lipinski definition) is 1. The summed E-state index contributed by atoms with van der Waals surface area (Å²) in [6, 6.07) is 13.5. The number of aryl methyl sites for hydroxylation is 2. The summed E-state index contributed by atoms with van der Waals surface area (Å²) in [5.74, 6) is 1.71. The lowest BCUT2D eigenvalue weighted by molar-refractivity contribution is -0.162. The van der Waals surface area contributed by atoms with Crippen molar-refractivity contribution in [2.24, 2.45) is 0 Å². The number of likely N-dealkylation sites (tertiary alicyclic amines) is 1. The molecule has 0 aliphatic carbocycles. The Balaban J connectivity index is 1.58. The van der Waals surface area contributed by atoms with Crippen LogP contribution in [-0.4, -0.2) is 41.9 Å². The average molecular weight is 420 g/mol. The fraction of sp³-hybridized carbons (Fsp3) is 0.462. The van der Waals surface area contributed by atoms with Crippen LogP contribution in [0.5, 0.6) is 11.5 Å². The summed E-state index contributed by atoms with van der Waals surface area (Å²) in [4.78, 5) is 2.54. The molecule has 0 aromatic heterocycles. The van der Waals surface area contributed by atoms with Crippen LogP contribution in [0.2, 0.25) is 0 Å². The van der Waals surface area contributed by atoms with Gasteiger partial charge in [0.05, 0.1) is 18.8 Å². The first-order valence-electron chi connectivity index (χ1n) is 11.4. The summed E-state index contributed by atoms with van der Waals surface area (Å²) in [5.41, 5.74) is 9.50. The van der Waals surface area contributed by atoms with Crippen molar-refractivity contribution in [1.82, 2.24) is 15.3 Å². The van der Waals surface area contributed by atoms with Crippen LogP contribution in [0.15, 0.2) is 42.5 Å². The first-order chi connectivity index (χ1) is 14.9. The van der Waals surface area contributed by atoms with Gasteiger partial charge in [0.25, 0.3) is 0 Å². The number of rotatable bonds is 3. The molecule has 5 nitrogen and oxygen atoms in total. The van der Waals surface area contributed by atoms with Crippen LogP contribution in [0.4, 0.5) is 0 Å².